The van der Waals surface area contributed by atoms with Crippen LogP contribution in [-0.4, -0.2) is 157 Å². The largest absolute Gasteiger partial charge is 0.481 e. The van der Waals surface area contributed by atoms with E-state index < -0.39 is 124 Å². The van der Waals surface area contributed by atoms with E-state index in [4.69, 9.17) is 24.5 Å². The van der Waals surface area contributed by atoms with Crippen molar-refractivity contribution in [3.05, 3.63) is 59.2 Å². The Hall–Kier alpha value is -5.52. The molecule has 0 bridgehead atoms. The fraction of sp³-hybridized carbons (Fsp3) is 0.667. The van der Waals surface area contributed by atoms with Crippen LogP contribution in [0.25, 0.3) is 0 Å². The normalized spacial score (nSPS) is 25.7. The number of phosphoric ester groups is 2. The van der Waals surface area contributed by atoms with Gasteiger partial charge in [-0.05, 0) is 76.9 Å². The molecule has 6 amide bonds. The highest BCUT2D eigenvalue weighted by atomic mass is 31.3. The third-order valence-electron chi connectivity index (χ3n) is 13.5. The van der Waals surface area contributed by atoms with E-state index in [0.29, 0.717) is 49.7 Å². The summed E-state index contributed by atoms with van der Waals surface area (Å²) in [7, 11) is -6.97. The molecule has 1 aliphatic rings. The zero-order valence-corrected chi connectivity index (χ0v) is 50.8. The highest BCUT2D eigenvalue weighted by molar-refractivity contribution is 7.61. The van der Waals surface area contributed by atoms with Gasteiger partial charge >= 0.3 is 33.7 Å². The number of alkyl carbamates (subject to hydrolysis) is 1. The number of phosphoric acid groups is 2. The van der Waals surface area contributed by atoms with Crippen LogP contribution in [0.5, 0.6) is 0 Å². The smallest absolute Gasteiger partial charge is 0.456 e. The molecule has 458 valence electrons. The van der Waals surface area contributed by atoms with Gasteiger partial charge in [-0.2, -0.15) is 4.31 Å². The summed E-state index contributed by atoms with van der Waals surface area (Å²) in [5.41, 5.74) is 6.50. The molecule has 25 nitrogen and oxygen atoms in total. The van der Waals surface area contributed by atoms with Crippen LogP contribution in [0, 0.1) is 17.8 Å². The van der Waals surface area contributed by atoms with Gasteiger partial charge in [0, 0.05) is 51.5 Å². The summed E-state index contributed by atoms with van der Waals surface area (Å²) in [6.45, 7) is 15.5. The lowest BCUT2D eigenvalue weighted by Crippen LogP contribution is -2.57. The van der Waals surface area contributed by atoms with Crippen LogP contribution in [0.4, 0.5) is 4.79 Å². The third kappa shape index (κ3) is 25.7. The first-order valence-corrected chi connectivity index (χ1v) is 30.4. The third-order valence-corrected chi connectivity index (χ3v) is 16.1. The van der Waals surface area contributed by atoms with Crippen LogP contribution in [0.3, 0.4) is 0 Å². The van der Waals surface area contributed by atoms with Gasteiger partial charge in [-0.3, -0.25) is 33.0 Å². The molecule has 11 atom stereocenters. The average Bonchev–Trinajstić information content (AvgIpc) is 3.44. The minimum Gasteiger partial charge on any atom is -0.456 e. The molecule has 2 unspecified atom stereocenters. The molecular formula is C54H89N7O18P2. The molecule has 1 aromatic rings. The number of ether oxygens (including phenoxy) is 3. The highest BCUT2D eigenvalue weighted by Crippen LogP contribution is 2.60. The van der Waals surface area contributed by atoms with Gasteiger partial charge in [0.1, 0.15) is 36.4 Å². The van der Waals surface area contributed by atoms with Gasteiger partial charge in [-0.1, -0.05) is 103 Å². The molecule has 0 radical (unpaired) electrons. The van der Waals surface area contributed by atoms with Gasteiger partial charge in [0.15, 0.2) is 6.10 Å². The SMILES string of the molecule is C/C=C(\C)[C@H]1OC(=O)[C@@H](C)NC(=O)[C@H]([C@H](C)CC)NC(=O)CN(C)C(=O)[C@@H](Cc2ccccc2)N(C)C(=O)[C@H](C)NC(=O)[C@@H](CC(C)C)OC(=O)/C(C)=C\C[C@H](OC(=O)NCCCCCCCOP(=O)(O)OP(=O)(O)OCCN)[C@@H]1C. The zero-order valence-electron chi connectivity index (χ0n) is 49.0. The number of esters is 2. The average molecular weight is 1190 g/mol. The fourth-order valence-electron chi connectivity index (χ4n) is 8.34. The second-order valence-electron chi connectivity index (χ2n) is 20.7. The van der Waals surface area contributed by atoms with E-state index in [1.54, 1.807) is 64.1 Å². The molecule has 1 aliphatic heterocycles. The van der Waals surface area contributed by atoms with Gasteiger partial charge in [0.05, 0.1) is 19.8 Å². The first-order chi connectivity index (χ1) is 38.0. The molecule has 0 saturated carbocycles. The number of nitrogens with zero attached hydrogens (tertiary/aromatic N) is 2. The van der Waals surface area contributed by atoms with E-state index in [9.17, 15) is 57.3 Å². The fourth-order valence-corrected chi connectivity index (χ4v) is 10.5. The molecule has 0 saturated heterocycles. The lowest BCUT2D eigenvalue weighted by Gasteiger charge is -2.33. The summed E-state index contributed by atoms with van der Waals surface area (Å²) < 4.78 is 55.2. The second-order valence-corrected chi connectivity index (χ2v) is 23.8. The molecule has 1 aromatic carbocycles. The molecule has 81 heavy (non-hydrogen) atoms. The number of amides is 6. The molecular weight excluding hydrogens is 1100 g/mol. The van der Waals surface area contributed by atoms with Crippen molar-refractivity contribution in [2.75, 3.05) is 46.9 Å². The summed E-state index contributed by atoms with van der Waals surface area (Å²) in [5, 5.41) is 10.8. The number of cyclic esters (lactones) is 2. The van der Waals surface area contributed by atoms with Crippen LogP contribution in [0.2, 0.25) is 0 Å². The Bertz CT molecular complexity index is 2410. The number of rotatable bonds is 22. The zero-order chi connectivity index (χ0) is 61.2. The van der Waals surface area contributed by atoms with Gasteiger partial charge in [0.2, 0.25) is 23.6 Å². The number of hydrogen-bond donors (Lipinski definition) is 7. The van der Waals surface area contributed by atoms with E-state index >= 15 is 0 Å². The van der Waals surface area contributed by atoms with E-state index in [2.05, 4.69) is 30.1 Å². The lowest BCUT2D eigenvalue weighted by atomic mass is 9.90. The van der Waals surface area contributed by atoms with Crippen LogP contribution in [-0.2, 0) is 76.7 Å². The minimum atomic E-state index is -4.90. The quantitative estimate of drug-likeness (QED) is 0.0260. The molecule has 8 N–H and O–H groups in total. The maximum Gasteiger partial charge on any atom is 0.481 e. The Balaban J connectivity index is 2.50. The summed E-state index contributed by atoms with van der Waals surface area (Å²) in [5.74, 6) is -6.59. The number of nitrogens with one attached hydrogen (secondary N) is 4. The Morgan fingerprint density at radius 3 is 2.07 bits per heavy atom. The maximum absolute atomic E-state index is 14.3. The Kier molecular flexibility index (Phi) is 31.3. The monoisotopic (exact) mass is 1190 g/mol. The molecule has 27 heteroatoms. The standard InChI is InChI=1S/C54H89N7O18P2/c1-13-35(5)46-49(64)58-40(10)53(68)78-47(36(6)14-2)38(8)43(77-54(69)56-28-21-16-15-17-22-29-74-80(70,71)79-81(72,73)75-30-27-55)26-25-37(7)52(67)76-44(31-34(3)4)48(63)57-39(9)50(65)61(12)42(32-41-23-19-18-20-24-41)51(66)60(11)33-45(62)59-46/h14,18-20,23-25,34-35,38-40,42-44,46-47H,13,15-17,21-22,26-33,55H2,1-12H3,(H,56,69)(H,57,63)(H,58,64)(H,59,62)(H,70,71)(H,72,73)/b36-14+,37-25-/t35-,38+,39+,40-,42-,43+,44-,46+,47-/m1/s1. The van der Waals surface area contributed by atoms with Crippen LogP contribution in [0.15, 0.2) is 53.6 Å². The molecule has 2 rings (SSSR count). The van der Waals surface area contributed by atoms with Crippen molar-refractivity contribution < 1.29 is 84.8 Å². The van der Waals surface area contributed by atoms with Gasteiger partial charge in [-0.25, -0.2) is 23.5 Å². The molecule has 1 heterocycles. The molecule has 0 aromatic heterocycles. The Morgan fingerprint density at radius 2 is 1.47 bits per heavy atom. The second kappa shape index (κ2) is 35.5. The van der Waals surface area contributed by atoms with E-state index in [0.717, 1.165) is 4.90 Å². The van der Waals surface area contributed by atoms with Gasteiger partial charge < -0.3 is 60.8 Å². The van der Waals surface area contributed by atoms with Crippen LogP contribution < -0.4 is 27.0 Å². The summed E-state index contributed by atoms with van der Waals surface area (Å²) in [6.07, 6.45) is 1.76. The van der Waals surface area contributed by atoms with Crippen molar-refractivity contribution in [3.8, 4) is 0 Å². The van der Waals surface area contributed by atoms with Crippen LogP contribution in [0.1, 0.15) is 126 Å². The van der Waals surface area contributed by atoms with Crippen molar-refractivity contribution in [3.63, 3.8) is 0 Å². The number of allylic oxidation sites excluding steroid dienone is 1. The van der Waals surface area contributed by atoms with E-state index in [-0.39, 0.29) is 57.1 Å². The van der Waals surface area contributed by atoms with Crippen molar-refractivity contribution in [2.45, 2.75) is 170 Å². The number of nitrogens with two attached hydrogens (primary N) is 1. The number of benzene rings is 1. The predicted octanol–water partition coefficient (Wildman–Crippen LogP) is 5.13. The number of likely N-dealkylation sites (N-methyl/N-ethyl adjacent to an activating group) is 2. The first kappa shape index (κ1) is 71.6. The summed E-state index contributed by atoms with van der Waals surface area (Å²) in [4.78, 5) is 133. The lowest BCUT2D eigenvalue weighted by molar-refractivity contribution is -0.155. The Labute approximate surface area is 476 Å². The Morgan fingerprint density at radius 1 is 0.864 bits per heavy atom. The maximum atomic E-state index is 14.3. The first-order valence-electron chi connectivity index (χ1n) is 27.4. The van der Waals surface area contributed by atoms with Gasteiger partial charge in [0.25, 0.3) is 5.91 Å². The number of unbranched alkanes of at least 4 members (excludes halogenated alkanes) is 4. The van der Waals surface area contributed by atoms with Crippen LogP contribution >= 0.6 is 15.6 Å². The minimum absolute atomic E-state index is 0.0368. The summed E-state index contributed by atoms with van der Waals surface area (Å²) in [6, 6.07) is 4.09. The predicted molar refractivity (Wildman–Crippen MR) is 300 cm³/mol. The number of hydrogen-bond acceptors (Lipinski definition) is 17. The van der Waals surface area contributed by atoms with Crippen molar-refractivity contribution in [2.24, 2.45) is 23.5 Å². The van der Waals surface area contributed by atoms with Crippen molar-refractivity contribution in [1.82, 2.24) is 31.1 Å². The van der Waals surface area contributed by atoms with E-state index in [1.807, 2.05) is 20.8 Å². The molecule has 0 fully saturated rings. The number of carbonyl (C=O) groups is 8. The van der Waals surface area contributed by atoms with Gasteiger partial charge in [-0.15, -0.1) is 0 Å². The van der Waals surface area contributed by atoms with Crippen molar-refractivity contribution >= 4 is 63.2 Å². The highest BCUT2D eigenvalue weighted by Gasteiger charge is 2.39. The summed E-state index contributed by atoms with van der Waals surface area (Å²) >= 11 is 0. The number of carbonyl (C=O) groups excluding carboxylic acids is 8. The molecule has 0 spiro atoms. The van der Waals surface area contributed by atoms with Crippen molar-refractivity contribution in [1.29, 1.82) is 0 Å². The van der Waals surface area contributed by atoms with E-state index in [1.165, 1.54) is 45.8 Å². The topological polar surface area (TPSA) is 347 Å². The molecule has 0 aliphatic carbocycles.